The average molecular weight is 337 g/mol. The molecule has 1 nitrogen and oxygen atoms in total. The van der Waals surface area contributed by atoms with E-state index in [2.05, 4.69) is 57.6 Å². The predicted octanol–water partition coefficient (Wildman–Crippen LogP) is 5.46. The van der Waals surface area contributed by atoms with Crippen LogP contribution in [0.15, 0.2) is 53.0 Å². The lowest BCUT2D eigenvalue weighted by Gasteiger charge is -2.37. The quantitative estimate of drug-likeness (QED) is 0.784. The number of anilines is 1. The molecule has 3 rings (SSSR count). The molecule has 0 bridgehead atoms. The summed E-state index contributed by atoms with van der Waals surface area (Å²) in [7, 11) is 0. The summed E-state index contributed by atoms with van der Waals surface area (Å²) in [5, 5.41) is 4.38. The molecule has 1 aliphatic rings. The molecule has 0 aromatic heterocycles. The van der Waals surface area contributed by atoms with Crippen LogP contribution in [0.2, 0.25) is 5.02 Å². The molecule has 0 amide bonds. The molecule has 3 heteroatoms. The fourth-order valence-corrected chi connectivity index (χ4v) is 2.91. The molecule has 0 saturated heterocycles. The summed E-state index contributed by atoms with van der Waals surface area (Å²) >= 11 is 9.36. The molecule has 19 heavy (non-hydrogen) atoms. The maximum Gasteiger partial charge on any atom is 0.0406 e. The lowest BCUT2D eigenvalue weighted by molar-refractivity contribution is 0.374. The largest absolute Gasteiger partial charge is 0.382 e. The van der Waals surface area contributed by atoms with Gasteiger partial charge in [-0.3, -0.25) is 0 Å². The van der Waals surface area contributed by atoms with E-state index in [-0.39, 0.29) is 0 Å². The Labute approximate surface area is 127 Å². The number of hydrogen-bond donors (Lipinski definition) is 1. The fraction of sp³-hybridized carbons (Fsp3) is 0.250. The number of nitrogens with one attached hydrogen (secondary N) is 1. The van der Waals surface area contributed by atoms with E-state index in [1.165, 1.54) is 24.1 Å². The highest BCUT2D eigenvalue weighted by molar-refractivity contribution is 9.10. The summed E-state index contributed by atoms with van der Waals surface area (Å²) < 4.78 is 1.12. The number of hydrogen-bond acceptors (Lipinski definition) is 1. The van der Waals surface area contributed by atoms with Gasteiger partial charge in [0.15, 0.2) is 0 Å². The maximum absolute atomic E-state index is 5.91. The second kappa shape index (κ2) is 5.56. The lowest BCUT2D eigenvalue weighted by atomic mass is 9.76. The molecule has 0 unspecified atom stereocenters. The van der Waals surface area contributed by atoms with Crippen LogP contribution in [0.25, 0.3) is 0 Å². The van der Waals surface area contributed by atoms with Crippen LogP contribution >= 0.6 is 27.5 Å². The van der Waals surface area contributed by atoms with Gasteiger partial charge in [0, 0.05) is 21.2 Å². The zero-order valence-electron chi connectivity index (χ0n) is 10.4. The van der Waals surface area contributed by atoms with E-state index in [4.69, 9.17) is 11.6 Å². The van der Waals surface area contributed by atoms with Gasteiger partial charge in [-0.25, -0.2) is 0 Å². The van der Waals surface area contributed by atoms with Crippen LogP contribution in [-0.4, -0.2) is 6.04 Å². The monoisotopic (exact) mass is 335 g/mol. The minimum absolute atomic E-state index is 0.585. The molecule has 0 spiro atoms. The Kier molecular flexibility index (Phi) is 3.81. The van der Waals surface area contributed by atoms with Crippen molar-refractivity contribution < 1.29 is 0 Å². The van der Waals surface area contributed by atoms with E-state index < -0.39 is 0 Å². The molecule has 2 aromatic rings. The SMILES string of the molecule is Clc1ccc(C2CC(Nc3ccc(Br)cc3)C2)cc1. The highest BCUT2D eigenvalue weighted by Gasteiger charge is 2.29. The van der Waals surface area contributed by atoms with E-state index in [0.717, 1.165) is 9.50 Å². The molecule has 0 heterocycles. The van der Waals surface area contributed by atoms with Crippen molar-refractivity contribution in [2.24, 2.45) is 0 Å². The Bertz CT molecular complexity index is 544. The average Bonchev–Trinajstić information content (AvgIpc) is 2.37. The summed E-state index contributed by atoms with van der Waals surface area (Å²) in [6, 6.07) is 17.2. The van der Waals surface area contributed by atoms with E-state index in [9.17, 15) is 0 Å². The third-order valence-corrected chi connectivity index (χ3v) is 4.48. The first-order valence-electron chi connectivity index (χ1n) is 6.48. The van der Waals surface area contributed by atoms with E-state index >= 15 is 0 Å². The van der Waals surface area contributed by atoms with Crippen LogP contribution < -0.4 is 5.32 Å². The first-order chi connectivity index (χ1) is 9.20. The second-order valence-electron chi connectivity index (χ2n) is 5.07. The van der Waals surface area contributed by atoms with Gasteiger partial charge in [-0.15, -0.1) is 0 Å². The highest BCUT2D eigenvalue weighted by atomic mass is 79.9. The van der Waals surface area contributed by atoms with Gasteiger partial charge in [-0.05, 0) is 60.7 Å². The number of benzene rings is 2. The van der Waals surface area contributed by atoms with E-state index in [1.807, 2.05) is 12.1 Å². The zero-order chi connectivity index (χ0) is 13.2. The van der Waals surface area contributed by atoms with Crippen molar-refractivity contribution in [3.63, 3.8) is 0 Å². The predicted molar refractivity (Wildman–Crippen MR) is 85.0 cm³/mol. The van der Waals surface area contributed by atoms with Crippen LogP contribution in [0.5, 0.6) is 0 Å². The van der Waals surface area contributed by atoms with Gasteiger partial charge in [0.05, 0.1) is 0 Å². The third kappa shape index (κ3) is 3.13. The summed E-state index contributed by atoms with van der Waals surface area (Å²) in [5.74, 6) is 0.671. The van der Waals surface area contributed by atoms with Crippen molar-refractivity contribution in [2.75, 3.05) is 5.32 Å². The summed E-state index contributed by atoms with van der Waals surface area (Å²) in [5.41, 5.74) is 2.60. The Hall–Kier alpha value is -0.990. The molecule has 1 saturated carbocycles. The molecular formula is C16H15BrClN. The Morgan fingerprint density at radius 1 is 0.947 bits per heavy atom. The fourth-order valence-electron chi connectivity index (χ4n) is 2.52. The van der Waals surface area contributed by atoms with Crippen LogP contribution in [0.3, 0.4) is 0 Å². The Morgan fingerprint density at radius 3 is 2.21 bits per heavy atom. The molecule has 0 aliphatic heterocycles. The van der Waals surface area contributed by atoms with Gasteiger partial charge >= 0.3 is 0 Å². The first kappa shape index (κ1) is 13.0. The molecule has 1 N–H and O–H groups in total. The molecule has 2 aromatic carbocycles. The standard InChI is InChI=1S/C16H15BrClN/c17-13-3-7-15(8-4-13)19-16-9-12(10-16)11-1-5-14(18)6-2-11/h1-8,12,16,19H,9-10H2. The maximum atomic E-state index is 5.91. The van der Waals surface area contributed by atoms with Gasteiger partial charge in [0.25, 0.3) is 0 Å². The minimum Gasteiger partial charge on any atom is -0.382 e. The van der Waals surface area contributed by atoms with Crippen molar-refractivity contribution in [1.82, 2.24) is 0 Å². The highest BCUT2D eigenvalue weighted by Crippen LogP contribution is 2.38. The van der Waals surface area contributed by atoms with Crippen LogP contribution in [0.4, 0.5) is 5.69 Å². The van der Waals surface area contributed by atoms with Crippen molar-refractivity contribution >= 4 is 33.2 Å². The lowest BCUT2D eigenvalue weighted by Crippen LogP contribution is -2.33. The summed E-state index contributed by atoms with van der Waals surface area (Å²) in [4.78, 5) is 0. The third-order valence-electron chi connectivity index (χ3n) is 3.69. The Morgan fingerprint density at radius 2 is 1.58 bits per heavy atom. The van der Waals surface area contributed by atoms with Crippen LogP contribution in [0, 0.1) is 0 Å². The van der Waals surface area contributed by atoms with Crippen LogP contribution in [0.1, 0.15) is 24.3 Å². The summed E-state index contributed by atoms with van der Waals surface area (Å²) in [6.45, 7) is 0. The first-order valence-corrected chi connectivity index (χ1v) is 7.65. The number of rotatable bonds is 3. The van der Waals surface area contributed by atoms with Gasteiger partial charge in [-0.1, -0.05) is 39.7 Å². The van der Waals surface area contributed by atoms with Gasteiger partial charge < -0.3 is 5.32 Å². The molecular weight excluding hydrogens is 322 g/mol. The van der Waals surface area contributed by atoms with Gasteiger partial charge in [0.1, 0.15) is 0 Å². The van der Waals surface area contributed by atoms with Crippen LogP contribution in [-0.2, 0) is 0 Å². The van der Waals surface area contributed by atoms with E-state index in [1.54, 1.807) is 0 Å². The molecule has 0 radical (unpaired) electrons. The Balaban J connectivity index is 1.55. The second-order valence-corrected chi connectivity index (χ2v) is 6.42. The van der Waals surface area contributed by atoms with Gasteiger partial charge in [-0.2, -0.15) is 0 Å². The van der Waals surface area contributed by atoms with Crippen molar-refractivity contribution in [2.45, 2.75) is 24.8 Å². The number of halogens is 2. The van der Waals surface area contributed by atoms with Gasteiger partial charge in [0.2, 0.25) is 0 Å². The molecule has 1 aliphatic carbocycles. The summed E-state index contributed by atoms with van der Waals surface area (Å²) in [6.07, 6.45) is 2.38. The van der Waals surface area contributed by atoms with E-state index in [0.29, 0.717) is 12.0 Å². The topological polar surface area (TPSA) is 12.0 Å². The smallest absolute Gasteiger partial charge is 0.0406 e. The van der Waals surface area contributed by atoms with Crippen molar-refractivity contribution in [1.29, 1.82) is 0 Å². The van der Waals surface area contributed by atoms with Crippen molar-refractivity contribution in [3.05, 3.63) is 63.6 Å². The normalized spacial score (nSPS) is 21.8. The minimum atomic E-state index is 0.585. The molecule has 1 fully saturated rings. The zero-order valence-corrected chi connectivity index (χ0v) is 12.8. The van der Waals surface area contributed by atoms with Crippen molar-refractivity contribution in [3.8, 4) is 0 Å². The molecule has 98 valence electrons. The molecule has 0 atom stereocenters.